The van der Waals surface area contributed by atoms with E-state index in [1.807, 2.05) is 30.5 Å². The first-order chi connectivity index (χ1) is 5.97. The highest BCUT2D eigenvalue weighted by molar-refractivity contribution is 9.93. The van der Waals surface area contributed by atoms with Gasteiger partial charge in [0.15, 0.2) is 0 Å². The molecular formula is C9H7Br2N. The van der Waals surface area contributed by atoms with Gasteiger partial charge >= 0.3 is 0 Å². The molecule has 0 aliphatic carbocycles. The van der Waals surface area contributed by atoms with Crippen LogP contribution < -0.4 is 0 Å². The van der Waals surface area contributed by atoms with Gasteiger partial charge in [-0.15, -0.1) is 0 Å². The third-order valence-corrected chi connectivity index (χ3v) is 1.51. The van der Waals surface area contributed by atoms with Gasteiger partial charge in [-0.3, -0.25) is 4.98 Å². The molecule has 1 aromatic heterocycles. The van der Waals surface area contributed by atoms with Crippen LogP contribution in [0.2, 0.25) is 0 Å². The number of fused-ring (bicyclic) bond motifs is 1. The van der Waals surface area contributed by atoms with E-state index in [0.717, 1.165) is 5.52 Å². The number of pyridine rings is 1. The summed E-state index contributed by atoms with van der Waals surface area (Å²) >= 11 is 5.50. The van der Waals surface area contributed by atoms with E-state index in [1.54, 1.807) is 0 Å². The fourth-order valence-electron chi connectivity index (χ4n) is 1.02. The fourth-order valence-corrected chi connectivity index (χ4v) is 1.02. The minimum atomic E-state index is 1.06. The van der Waals surface area contributed by atoms with Crippen LogP contribution in [0.3, 0.4) is 0 Å². The van der Waals surface area contributed by atoms with Gasteiger partial charge in [-0.1, -0.05) is 24.3 Å². The zero-order valence-electron chi connectivity index (χ0n) is 6.24. The number of aromatic nitrogens is 1. The minimum absolute atomic E-state index is 1.06. The summed E-state index contributed by atoms with van der Waals surface area (Å²) in [5.41, 5.74) is 1.06. The van der Waals surface area contributed by atoms with Gasteiger partial charge in [-0.25, -0.2) is 0 Å². The summed E-state index contributed by atoms with van der Waals surface area (Å²) in [7, 11) is 0. The molecular weight excluding hydrogens is 282 g/mol. The van der Waals surface area contributed by atoms with E-state index in [1.165, 1.54) is 5.39 Å². The third-order valence-electron chi connectivity index (χ3n) is 1.51. The van der Waals surface area contributed by atoms with E-state index in [4.69, 9.17) is 0 Å². The summed E-state index contributed by atoms with van der Waals surface area (Å²) in [6.45, 7) is 0. The van der Waals surface area contributed by atoms with Crippen molar-refractivity contribution >= 4 is 39.2 Å². The second kappa shape index (κ2) is 5.27. The van der Waals surface area contributed by atoms with Gasteiger partial charge in [0.1, 0.15) is 0 Å². The molecule has 0 atom stereocenters. The van der Waals surface area contributed by atoms with Crippen molar-refractivity contribution in [2.24, 2.45) is 0 Å². The molecule has 0 saturated carbocycles. The van der Waals surface area contributed by atoms with Gasteiger partial charge in [0, 0.05) is 39.8 Å². The monoisotopic (exact) mass is 287 g/mol. The summed E-state index contributed by atoms with van der Waals surface area (Å²) < 4.78 is 0. The molecule has 0 radical (unpaired) electrons. The minimum Gasteiger partial charge on any atom is -0.256 e. The topological polar surface area (TPSA) is 12.9 Å². The molecule has 0 aliphatic rings. The molecule has 0 fully saturated rings. The lowest BCUT2D eigenvalue weighted by molar-refractivity contribution is 1.41. The summed E-state index contributed by atoms with van der Waals surface area (Å²) in [4.78, 5) is 4.18. The summed E-state index contributed by atoms with van der Waals surface area (Å²) in [6.07, 6.45) is 1.81. The maximum absolute atomic E-state index is 4.18. The van der Waals surface area contributed by atoms with Crippen LogP contribution in [0.4, 0.5) is 0 Å². The summed E-state index contributed by atoms with van der Waals surface area (Å²) in [5, 5.41) is 1.20. The molecule has 2 rings (SSSR count). The van der Waals surface area contributed by atoms with Crippen LogP contribution in [0, 0.1) is 0 Å². The molecule has 0 aliphatic heterocycles. The molecule has 0 spiro atoms. The number of hydrogen-bond donors (Lipinski definition) is 0. The Labute approximate surface area is 86.7 Å². The average molecular weight is 289 g/mol. The molecule has 1 heterocycles. The van der Waals surface area contributed by atoms with E-state index in [9.17, 15) is 0 Å². The van der Waals surface area contributed by atoms with Crippen molar-refractivity contribution in [3.8, 4) is 0 Å². The van der Waals surface area contributed by atoms with Crippen molar-refractivity contribution < 1.29 is 0 Å². The second-order valence-electron chi connectivity index (χ2n) is 2.20. The molecule has 0 amide bonds. The van der Waals surface area contributed by atoms with Gasteiger partial charge in [0.25, 0.3) is 0 Å². The number of hydrogen-bond acceptors (Lipinski definition) is 1. The summed E-state index contributed by atoms with van der Waals surface area (Å²) in [6, 6.07) is 12.1. The first-order valence-electron chi connectivity index (χ1n) is 3.41. The Balaban J connectivity index is 0.000000336. The number of rotatable bonds is 0. The molecule has 1 nitrogen and oxygen atoms in total. The third kappa shape index (κ3) is 2.29. The Hall–Kier alpha value is -0.410. The molecule has 62 valence electrons. The number of nitrogens with zero attached hydrogens (tertiary/aromatic N) is 1. The van der Waals surface area contributed by atoms with Gasteiger partial charge in [-0.05, 0) is 12.1 Å². The van der Waals surface area contributed by atoms with Crippen LogP contribution in [0.1, 0.15) is 0 Å². The van der Waals surface area contributed by atoms with E-state index >= 15 is 0 Å². The van der Waals surface area contributed by atoms with Crippen LogP contribution in [0.25, 0.3) is 10.9 Å². The van der Waals surface area contributed by atoms with Crippen molar-refractivity contribution in [3.63, 3.8) is 0 Å². The van der Waals surface area contributed by atoms with Crippen LogP contribution in [0.5, 0.6) is 0 Å². The second-order valence-corrected chi connectivity index (χ2v) is 2.20. The maximum atomic E-state index is 4.18. The van der Waals surface area contributed by atoms with E-state index < -0.39 is 0 Å². The SMILES string of the molecule is BrBr.c1ccc2ncccc2c1. The maximum Gasteiger partial charge on any atom is 0.0701 e. The highest BCUT2D eigenvalue weighted by atomic mass is 80.9. The van der Waals surface area contributed by atoms with Gasteiger partial charge < -0.3 is 0 Å². The highest BCUT2D eigenvalue weighted by Crippen LogP contribution is 2.07. The average Bonchev–Trinajstić information content (AvgIpc) is 2.21. The molecule has 1 aromatic carbocycles. The fraction of sp³-hybridized carbons (Fsp3) is 0. The van der Waals surface area contributed by atoms with Gasteiger partial charge in [0.2, 0.25) is 0 Å². The largest absolute Gasteiger partial charge is 0.256 e. The van der Waals surface area contributed by atoms with Crippen molar-refractivity contribution in [2.45, 2.75) is 0 Å². The lowest BCUT2D eigenvalue weighted by Gasteiger charge is -1.91. The normalized spacial score (nSPS) is 8.83. The Morgan fingerprint density at radius 3 is 2.33 bits per heavy atom. The van der Waals surface area contributed by atoms with Crippen molar-refractivity contribution in [1.82, 2.24) is 4.98 Å². The first kappa shape index (κ1) is 9.68. The molecule has 12 heavy (non-hydrogen) atoms. The standard InChI is InChI=1S/C9H7N.Br2/c1-2-6-9-8(4-1)5-3-7-10-9;1-2/h1-7H;. The highest BCUT2D eigenvalue weighted by Gasteiger charge is 1.86. The van der Waals surface area contributed by atoms with Crippen LogP contribution in [-0.2, 0) is 0 Å². The Bertz CT molecular complexity index is 284. The lowest BCUT2D eigenvalue weighted by Crippen LogP contribution is -1.73. The van der Waals surface area contributed by atoms with Gasteiger partial charge in [0.05, 0.1) is 5.52 Å². The van der Waals surface area contributed by atoms with E-state index in [0.29, 0.717) is 0 Å². The zero-order chi connectivity index (χ0) is 8.81. The quantitative estimate of drug-likeness (QED) is 0.716. The van der Waals surface area contributed by atoms with E-state index in [2.05, 4.69) is 45.4 Å². The molecule has 0 bridgehead atoms. The number of para-hydroxylation sites is 1. The van der Waals surface area contributed by atoms with Crippen molar-refractivity contribution in [1.29, 1.82) is 0 Å². The van der Waals surface area contributed by atoms with Crippen LogP contribution >= 0.6 is 28.3 Å². The smallest absolute Gasteiger partial charge is 0.0701 e. The molecule has 2 aromatic rings. The Morgan fingerprint density at radius 2 is 1.58 bits per heavy atom. The molecule has 0 N–H and O–H groups in total. The van der Waals surface area contributed by atoms with Crippen LogP contribution in [-0.4, -0.2) is 4.98 Å². The predicted molar refractivity (Wildman–Crippen MR) is 59.6 cm³/mol. The first-order valence-corrected chi connectivity index (χ1v) is 7.12. The predicted octanol–water partition coefficient (Wildman–Crippen LogP) is 3.93. The number of benzene rings is 1. The van der Waals surface area contributed by atoms with Crippen molar-refractivity contribution in [2.75, 3.05) is 0 Å². The van der Waals surface area contributed by atoms with Gasteiger partial charge in [-0.2, -0.15) is 0 Å². The molecule has 3 heteroatoms. The molecule has 0 saturated heterocycles. The summed E-state index contributed by atoms with van der Waals surface area (Å²) in [5.74, 6) is 0. The van der Waals surface area contributed by atoms with E-state index in [-0.39, 0.29) is 0 Å². The lowest BCUT2D eigenvalue weighted by atomic mass is 10.2. The molecule has 0 unspecified atom stereocenters. The zero-order valence-corrected chi connectivity index (χ0v) is 9.42. The number of halogens is 2. The van der Waals surface area contributed by atoms with Crippen molar-refractivity contribution in [3.05, 3.63) is 42.6 Å². The van der Waals surface area contributed by atoms with Crippen LogP contribution in [0.15, 0.2) is 42.6 Å². The Morgan fingerprint density at radius 1 is 0.917 bits per heavy atom. The Kier molecular flexibility index (Phi) is 4.25.